The van der Waals surface area contributed by atoms with Crippen LogP contribution in [0.15, 0.2) is 36.4 Å². The molecule has 1 aromatic rings. The zero-order valence-electron chi connectivity index (χ0n) is 14.4. The maximum atomic E-state index is 9.68. The van der Waals surface area contributed by atoms with Gasteiger partial charge in [0.1, 0.15) is 5.75 Å². The fraction of sp³-hybridized carbons (Fsp3) is 0.619. The van der Waals surface area contributed by atoms with Gasteiger partial charge in [-0.1, -0.05) is 88.6 Å². The lowest BCUT2D eigenvalue weighted by molar-refractivity contribution is 0.468. The molecule has 22 heavy (non-hydrogen) atoms. The molecule has 0 spiro atoms. The van der Waals surface area contributed by atoms with Crippen molar-refractivity contribution in [2.45, 2.75) is 84.0 Å². The number of aromatic hydroxyl groups is 1. The van der Waals surface area contributed by atoms with E-state index in [1.54, 1.807) is 6.07 Å². The molecule has 0 unspecified atom stereocenters. The van der Waals surface area contributed by atoms with E-state index in [1.165, 1.54) is 64.2 Å². The number of phenolic OH excluding ortho intramolecular Hbond substituents is 1. The van der Waals surface area contributed by atoms with E-state index in [0.29, 0.717) is 5.75 Å². The monoisotopic (exact) mass is 302 g/mol. The predicted octanol–water partition coefficient (Wildman–Crippen LogP) is 6.80. The zero-order chi connectivity index (χ0) is 15.9. The van der Waals surface area contributed by atoms with Crippen LogP contribution in [0.3, 0.4) is 0 Å². The molecule has 0 heterocycles. The second kappa shape index (κ2) is 13.4. The summed E-state index contributed by atoms with van der Waals surface area (Å²) < 4.78 is 0. The Morgan fingerprint density at radius 3 is 2.05 bits per heavy atom. The Hall–Kier alpha value is -1.24. The summed E-state index contributed by atoms with van der Waals surface area (Å²) in [4.78, 5) is 0. The number of benzene rings is 1. The van der Waals surface area contributed by atoms with Crippen LogP contribution in [0.4, 0.5) is 0 Å². The van der Waals surface area contributed by atoms with E-state index in [0.717, 1.165) is 18.4 Å². The largest absolute Gasteiger partial charge is 0.508 e. The molecule has 0 saturated heterocycles. The Balaban J connectivity index is 1.89. The van der Waals surface area contributed by atoms with E-state index in [-0.39, 0.29) is 0 Å². The molecule has 1 rings (SSSR count). The molecule has 124 valence electrons. The molecular weight excluding hydrogens is 268 g/mol. The first kappa shape index (κ1) is 18.8. The Morgan fingerprint density at radius 2 is 1.36 bits per heavy atom. The Labute approximate surface area is 137 Å². The molecule has 1 nitrogen and oxygen atoms in total. The van der Waals surface area contributed by atoms with Gasteiger partial charge in [-0.15, -0.1) is 0 Å². The quantitative estimate of drug-likeness (QED) is 0.314. The molecule has 1 heteroatoms. The molecule has 1 N–H and O–H groups in total. The van der Waals surface area contributed by atoms with Crippen molar-refractivity contribution >= 4 is 0 Å². The molecule has 0 radical (unpaired) electrons. The maximum Gasteiger partial charge on any atom is 0.118 e. The van der Waals surface area contributed by atoms with Crippen LogP contribution in [0.1, 0.15) is 83.1 Å². The van der Waals surface area contributed by atoms with E-state index < -0.39 is 0 Å². The first-order chi connectivity index (χ1) is 10.8. The highest BCUT2D eigenvalue weighted by Gasteiger charge is 1.96. The number of phenols is 1. The van der Waals surface area contributed by atoms with Crippen LogP contribution in [0.25, 0.3) is 0 Å². The minimum absolute atomic E-state index is 0.426. The van der Waals surface area contributed by atoms with Gasteiger partial charge in [0, 0.05) is 0 Å². The van der Waals surface area contributed by atoms with Gasteiger partial charge >= 0.3 is 0 Å². The number of para-hydroxylation sites is 1. The normalized spacial score (nSPS) is 11.3. The summed E-state index contributed by atoms with van der Waals surface area (Å²) in [7, 11) is 0. The van der Waals surface area contributed by atoms with Gasteiger partial charge in [-0.25, -0.2) is 0 Å². The Morgan fingerprint density at radius 1 is 0.773 bits per heavy atom. The molecule has 0 bridgehead atoms. The van der Waals surface area contributed by atoms with Crippen molar-refractivity contribution in [3.63, 3.8) is 0 Å². The minimum Gasteiger partial charge on any atom is -0.508 e. The first-order valence-corrected chi connectivity index (χ1v) is 9.26. The van der Waals surface area contributed by atoms with Crippen LogP contribution in [-0.2, 0) is 6.42 Å². The molecule has 0 aromatic heterocycles. The topological polar surface area (TPSA) is 20.2 Å². The van der Waals surface area contributed by atoms with Crippen LogP contribution < -0.4 is 0 Å². The number of hydrogen-bond donors (Lipinski definition) is 1. The van der Waals surface area contributed by atoms with Gasteiger partial charge in [-0.3, -0.25) is 0 Å². The van der Waals surface area contributed by atoms with Gasteiger partial charge in [-0.05, 0) is 37.3 Å². The van der Waals surface area contributed by atoms with Crippen molar-refractivity contribution in [1.82, 2.24) is 0 Å². The maximum absolute atomic E-state index is 9.68. The Kier molecular flexibility index (Phi) is 11.5. The van der Waals surface area contributed by atoms with Crippen molar-refractivity contribution in [2.75, 3.05) is 0 Å². The molecule has 0 aliphatic heterocycles. The summed E-state index contributed by atoms with van der Waals surface area (Å²) in [5.74, 6) is 0.426. The molecule has 0 aliphatic carbocycles. The van der Waals surface area contributed by atoms with E-state index >= 15 is 0 Å². The molecule has 0 aliphatic rings. The van der Waals surface area contributed by atoms with E-state index in [2.05, 4.69) is 19.1 Å². The molecule has 1 aromatic carbocycles. The molecular formula is C21H34O. The fourth-order valence-corrected chi connectivity index (χ4v) is 2.77. The molecule has 0 amide bonds. The fourth-order valence-electron chi connectivity index (χ4n) is 2.77. The third-order valence-corrected chi connectivity index (χ3v) is 4.21. The van der Waals surface area contributed by atoms with Gasteiger partial charge in [0.25, 0.3) is 0 Å². The summed E-state index contributed by atoms with van der Waals surface area (Å²) in [6.45, 7) is 2.27. The van der Waals surface area contributed by atoms with Crippen LogP contribution in [0, 0.1) is 0 Å². The van der Waals surface area contributed by atoms with Crippen LogP contribution in [0.5, 0.6) is 5.75 Å². The summed E-state index contributed by atoms with van der Waals surface area (Å²) in [6.07, 6.45) is 20.3. The number of allylic oxidation sites excluding steroid dienone is 2. The second-order valence-electron chi connectivity index (χ2n) is 6.26. The third kappa shape index (κ3) is 9.65. The summed E-state index contributed by atoms with van der Waals surface area (Å²) in [6, 6.07) is 7.63. The average molecular weight is 303 g/mol. The van der Waals surface area contributed by atoms with Crippen molar-refractivity contribution < 1.29 is 5.11 Å². The smallest absolute Gasteiger partial charge is 0.118 e. The summed E-state index contributed by atoms with van der Waals surface area (Å²) in [5.41, 5.74) is 1.05. The molecule has 0 fully saturated rings. The predicted molar refractivity (Wildman–Crippen MR) is 97.4 cm³/mol. The number of hydrogen-bond acceptors (Lipinski definition) is 1. The van der Waals surface area contributed by atoms with E-state index in [9.17, 15) is 5.11 Å². The summed E-state index contributed by atoms with van der Waals surface area (Å²) >= 11 is 0. The lowest BCUT2D eigenvalue weighted by Gasteiger charge is -2.01. The third-order valence-electron chi connectivity index (χ3n) is 4.21. The van der Waals surface area contributed by atoms with Gasteiger partial charge in [0.2, 0.25) is 0 Å². The van der Waals surface area contributed by atoms with Gasteiger partial charge < -0.3 is 5.11 Å². The van der Waals surface area contributed by atoms with Crippen LogP contribution in [-0.4, -0.2) is 5.11 Å². The SMILES string of the molecule is CCCCCCCCCCCC=CCCc1ccccc1O. The van der Waals surface area contributed by atoms with Crippen LogP contribution in [0.2, 0.25) is 0 Å². The zero-order valence-corrected chi connectivity index (χ0v) is 14.4. The van der Waals surface area contributed by atoms with Gasteiger partial charge in [0.15, 0.2) is 0 Å². The van der Waals surface area contributed by atoms with Crippen molar-refractivity contribution in [1.29, 1.82) is 0 Å². The van der Waals surface area contributed by atoms with E-state index in [4.69, 9.17) is 0 Å². The summed E-state index contributed by atoms with van der Waals surface area (Å²) in [5, 5.41) is 9.68. The number of rotatable bonds is 13. The minimum atomic E-state index is 0.426. The van der Waals surface area contributed by atoms with Gasteiger partial charge in [-0.2, -0.15) is 0 Å². The highest BCUT2D eigenvalue weighted by molar-refractivity contribution is 5.31. The number of unbranched alkanes of at least 4 members (excludes halogenated alkanes) is 9. The highest BCUT2D eigenvalue weighted by Crippen LogP contribution is 2.17. The van der Waals surface area contributed by atoms with E-state index in [1.807, 2.05) is 18.2 Å². The Bertz CT molecular complexity index is 395. The molecule has 0 saturated carbocycles. The second-order valence-corrected chi connectivity index (χ2v) is 6.26. The number of aryl methyl sites for hydroxylation is 1. The average Bonchev–Trinajstić information content (AvgIpc) is 2.53. The van der Waals surface area contributed by atoms with Crippen molar-refractivity contribution in [3.05, 3.63) is 42.0 Å². The standard InChI is InChI=1S/C21H34O/c1-2-3-4-5-6-7-8-9-10-11-12-13-14-17-20-18-15-16-19-21(20)22/h12-13,15-16,18-19,22H,2-11,14,17H2,1H3. The van der Waals surface area contributed by atoms with Crippen molar-refractivity contribution in [2.24, 2.45) is 0 Å². The molecule has 0 atom stereocenters. The van der Waals surface area contributed by atoms with Crippen molar-refractivity contribution in [3.8, 4) is 5.75 Å². The highest BCUT2D eigenvalue weighted by atomic mass is 16.3. The van der Waals surface area contributed by atoms with Gasteiger partial charge in [0.05, 0.1) is 0 Å². The first-order valence-electron chi connectivity index (χ1n) is 9.26. The van der Waals surface area contributed by atoms with Crippen LogP contribution >= 0.6 is 0 Å². The lowest BCUT2D eigenvalue weighted by atomic mass is 10.1. The lowest BCUT2D eigenvalue weighted by Crippen LogP contribution is -1.83.